The zero-order valence-electron chi connectivity index (χ0n) is 20.4. The van der Waals surface area contributed by atoms with Crippen LogP contribution in [0.15, 0.2) is 83.8 Å². The summed E-state index contributed by atoms with van der Waals surface area (Å²) >= 11 is 0. The van der Waals surface area contributed by atoms with E-state index in [1.807, 2.05) is 13.1 Å². The summed E-state index contributed by atoms with van der Waals surface area (Å²) < 4.78 is 41.6. The van der Waals surface area contributed by atoms with Gasteiger partial charge in [0.25, 0.3) is 5.91 Å². The van der Waals surface area contributed by atoms with Gasteiger partial charge in [0.1, 0.15) is 11.9 Å². The van der Waals surface area contributed by atoms with Crippen LogP contribution in [0.4, 0.5) is 10.1 Å². The largest absolute Gasteiger partial charge is 0.336 e. The number of likely N-dealkylation sites (N-methyl/N-ethyl adjacent to an activating group) is 1. The van der Waals surface area contributed by atoms with E-state index in [9.17, 15) is 22.4 Å². The molecular weight excluding hydrogens is 495 g/mol. The lowest BCUT2D eigenvalue weighted by molar-refractivity contribution is -0.117. The number of benzene rings is 3. The van der Waals surface area contributed by atoms with Gasteiger partial charge in [-0.1, -0.05) is 30.3 Å². The first-order chi connectivity index (χ1) is 17.7. The molecule has 1 heterocycles. The van der Waals surface area contributed by atoms with Crippen molar-refractivity contribution in [2.75, 3.05) is 38.5 Å². The van der Waals surface area contributed by atoms with Gasteiger partial charge in [-0.25, -0.2) is 12.8 Å². The Morgan fingerprint density at radius 1 is 0.892 bits per heavy atom. The molecular formula is C27H29FN4O4S. The molecule has 1 atom stereocenters. The van der Waals surface area contributed by atoms with Gasteiger partial charge in [0.05, 0.1) is 4.90 Å². The summed E-state index contributed by atoms with van der Waals surface area (Å²) in [7, 11) is -2.08. The zero-order chi connectivity index (χ0) is 26.4. The molecule has 3 aromatic carbocycles. The van der Waals surface area contributed by atoms with E-state index in [-0.39, 0.29) is 17.2 Å². The van der Waals surface area contributed by atoms with Crippen LogP contribution in [-0.4, -0.2) is 69.3 Å². The maximum absolute atomic E-state index is 13.3. The Morgan fingerprint density at radius 2 is 1.51 bits per heavy atom. The van der Waals surface area contributed by atoms with Crippen LogP contribution in [0, 0.1) is 5.82 Å². The number of nitrogens with zero attached hydrogens (tertiary/aromatic N) is 2. The third-order valence-corrected chi connectivity index (χ3v) is 7.70. The quantitative estimate of drug-likeness (QED) is 0.472. The van der Waals surface area contributed by atoms with Gasteiger partial charge in [0.15, 0.2) is 0 Å². The van der Waals surface area contributed by atoms with Crippen molar-refractivity contribution < 1.29 is 22.4 Å². The number of amides is 2. The molecule has 8 nitrogen and oxygen atoms in total. The summed E-state index contributed by atoms with van der Waals surface area (Å²) in [4.78, 5) is 29.8. The second-order valence-electron chi connectivity index (χ2n) is 8.98. The van der Waals surface area contributed by atoms with Crippen LogP contribution in [0.2, 0.25) is 0 Å². The SMILES string of the molecule is CN1CCN(C(=O)c2ccc(NC(=O)[C@@H](Cc3ccccc3)NS(=O)(=O)c3ccc(F)cc3)cc2)CC1. The number of anilines is 1. The first-order valence-electron chi connectivity index (χ1n) is 11.9. The number of hydrogen-bond donors (Lipinski definition) is 2. The van der Waals surface area contributed by atoms with Crippen LogP contribution in [0.1, 0.15) is 15.9 Å². The molecule has 1 aliphatic rings. The highest BCUT2D eigenvalue weighted by Gasteiger charge is 2.27. The summed E-state index contributed by atoms with van der Waals surface area (Å²) in [6, 6.07) is 18.8. The van der Waals surface area contributed by atoms with Crippen molar-refractivity contribution in [2.24, 2.45) is 0 Å². The van der Waals surface area contributed by atoms with E-state index in [0.717, 1.165) is 42.9 Å². The number of carbonyl (C=O) groups is 2. The predicted octanol–water partition coefficient (Wildman–Crippen LogP) is 2.74. The molecule has 2 amide bonds. The summed E-state index contributed by atoms with van der Waals surface area (Å²) in [6.45, 7) is 2.94. The van der Waals surface area contributed by atoms with E-state index in [1.165, 1.54) is 0 Å². The van der Waals surface area contributed by atoms with Gasteiger partial charge >= 0.3 is 0 Å². The summed E-state index contributed by atoms with van der Waals surface area (Å²) in [6.07, 6.45) is 0.104. The standard InChI is InChI=1S/C27H29FN4O4S/c1-31-15-17-32(18-16-31)27(34)21-7-11-23(12-8-21)29-26(33)25(19-20-5-3-2-4-6-20)30-37(35,36)24-13-9-22(28)10-14-24/h2-14,25,30H,15-19H2,1H3,(H,29,33)/t25-/m1/s1. The zero-order valence-corrected chi connectivity index (χ0v) is 21.2. The van der Waals surface area contributed by atoms with Crippen molar-refractivity contribution in [3.8, 4) is 0 Å². The minimum atomic E-state index is -4.10. The fraction of sp³-hybridized carbons (Fsp3) is 0.259. The molecule has 1 saturated heterocycles. The first kappa shape index (κ1) is 26.5. The van der Waals surface area contributed by atoms with Crippen LogP contribution in [-0.2, 0) is 21.2 Å². The molecule has 0 bridgehead atoms. The molecule has 10 heteroatoms. The lowest BCUT2D eigenvalue weighted by Crippen LogP contribution is -2.47. The normalized spacial score (nSPS) is 15.2. The van der Waals surface area contributed by atoms with Crippen molar-refractivity contribution in [1.82, 2.24) is 14.5 Å². The molecule has 0 saturated carbocycles. The van der Waals surface area contributed by atoms with E-state index >= 15 is 0 Å². The second-order valence-corrected chi connectivity index (χ2v) is 10.7. The number of halogens is 1. The topological polar surface area (TPSA) is 98.8 Å². The Kier molecular flexibility index (Phi) is 8.32. The van der Waals surface area contributed by atoms with Crippen LogP contribution >= 0.6 is 0 Å². The summed E-state index contributed by atoms with van der Waals surface area (Å²) in [5.74, 6) is -1.19. The van der Waals surface area contributed by atoms with Gasteiger partial charge in [-0.3, -0.25) is 9.59 Å². The molecule has 4 rings (SSSR count). The molecule has 0 spiro atoms. The van der Waals surface area contributed by atoms with E-state index in [2.05, 4.69) is 14.9 Å². The number of sulfonamides is 1. The Hall–Kier alpha value is -3.60. The highest BCUT2D eigenvalue weighted by Crippen LogP contribution is 2.16. The second kappa shape index (κ2) is 11.6. The fourth-order valence-electron chi connectivity index (χ4n) is 4.02. The Bertz CT molecular complexity index is 1330. The molecule has 1 aliphatic heterocycles. The maximum Gasteiger partial charge on any atom is 0.253 e. The van der Waals surface area contributed by atoms with Gasteiger partial charge in [0.2, 0.25) is 15.9 Å². The lowest BCUT2D eigenvalue weighted by Gasteiger charge is -2.32. The van der Waals surface area contributed by atoms with E-state index < -0.39 is 27.8 Å². The van der Waals surface area contributed by atoms with Crippen LogP contribution < -0.4 is 10.0 Å². The van der Waals surface area contributed by atoms with Crippen molar-refractivity contribution in [3.63, 3.8) is 0 Å². The van der Waals surface area contributed by atoms with E-state index in [4.69, 9.17) is 0 Å². The highest BCUT2D eigenvalue weighted by atomic mass is 32.2. The van der Waals surface area contributed by atoms with Crippen molar-refractivity contribution >= 4 is 27.5 Å². The summed E-state index contributed by atoms with van der Waals surface area (Å²) in [5, 5.41) is 2.74. The maximum atomic E-state index is 13.3. The Morgan fingerprint density at radius 3 is 2.14 bits per heavy atom. The minimum absolute atomic E-state index is 0.0695. The number of carbonyl (C=O) groups excluding carboxylic acids is 2. The predicted molar refractivity (Wildman–Crippen MR) is 139 cm³/mol. The number of hydrogen-bond acceptors (Lipinski definition) is 5. The highest BCUT2D eigenvalue weighted by molar-refractivity contribution is 7.89. The van der Waals surface area contributed by atoms with Gasteiger partial charge in [-0.05, 0) is 67.6 Å². The van der Waals surface area contributed by atoms with Crippen LogP contribution in [0.5, 0.6) is 0 Å². The average Bonchev–Trinajstić information content (AvgIpc) is 2.89. The molecule has 1 fully saturated rings. The van der Waals surface area contributed by atoms with Gasteiger partial charge < -0.3 is 15.1 Å². The molecule has 37 heavy (non-hydrogen) atoms. The minimum Gasteiger partial charge on any atom is -0.336 e. The van der Waals surface area contributed by atoms with Gasteiger partial charge in [-0.2, -0.15) is 4.72 Å². The smallest absolute Gasteiger partial charge is 0.253 e. The van der Waals surface area contributed by atoms with Crippen molar-refractivity contribution in [1.29, 1.82) is 0 Å². The molecule has 0 radical (unpaired) electrons. The molecule has 194 valence electrons. The van der Waals surface area contributed by atoms with Crippen molar-refractivity contribution in [3.05, 3.63) is 95.8 Å². The van der Waals surface area contributed by atoms with E-state index in [1.54, 1.807) is 53.4 Å². The Balaban J connectivity index is 1.48. The number of nitrogens with one attached hydrogen (secondary N) is 2. The molecule has 0 aliphatic carbocycles. The number of piperazine rings is 1. The number of rotatable bonds is 8. The third-order valence-electron chi connectivity index (χ3n) is 6.21. The molecule has 0 aromatic heterocycles. The van der Waals surface area contributed by atoms with E-state index in [0.29, 0.717) is 24.3 Å². The molecule has 0 unspecified atom stereocenters. The molecule has 2 N–H and O–H groups in total. The first-order valence-corrected chi connectivity index (χ1v) is 13.4. The van der Waals surface area contributed by atoms with Crippen molar-refractivity contribution in [2.45, 2.75) is 17.4 Å². The van der Waals surface area contributed by atoms with Gasteiger partial charge in [-0.15, -0.1) is 0 Å². The fourth-order valence-corrected chi connectivity index (χ4v) is 5.22. The Labute approximate surface area is 216 Å². The molecule has 3 aromatic rings. The average molecular weight is 525 g/mol. The van der Waals surface area contributed by atoms with Crippen LogP contribution in [0.25, 0.3) is 0 Å². The van der Waals surface area contributed by atoms with Crippen LogP contribution in [0.3, 0.4) is 0 Å². The monoisotopic (exact) mass is 524 g/mol. The lowest BCUT2D eigenvalue weighted by atomic mass is 10.1. The third kappa shape index (κ3) is 7.00. The summed E-state index contributed by atoms with van der Waals surface area (Å²) in [5.41, 5.74) is 1.71. The van der Waals surface area contributed by atoms with Gasteiger partial charge in [0, 0.05) is 37.4 Å².